The van der Waals surface area contributed by atoms with Crippen LogP contribution in [0.15, 0.2) is 63.8 Å². The molecule has 0 saturated heterocycles. The quantitative estimate of drug-likeness (QED) is 0.733. The van der Waals surface area contributed by atoms with Crippen LogP contribution in [0.25, 0.3) is 11.0 Å². The topological polar surface area (TPSA) is 68.5 Å². The lowest BCUT2D eigenvalue weighted by Gasteiger charge is -2.09. The molecule has 0 spiro atoms. The number of benzene rings is 2. The zero-order valence-electron chi connectivity index (χ0n) is 13.2. The maximum absolute atomic E-state index is 12.1. The molecule has 0 atom stereocenters. The normalized spacial score (nSPS) is 10.5. The number of fused-ring (bicyclic) bond motifs is 1. The highest BCUT2D eigenvalue weighted by atomic mass is 16.5. The van der Waals surface area contributed by atoms with Crippen molar-refractivity contribution in [2.45, 2.75) is 6.92 Å². The molecule has 2 aromatic carbocycles. The van der Waals surface area contributed by atoms with E-state index in [1.807, 2.05) is 31.2 Å². The first-order valence-corrected chi connectivity index (χ1v) is 7.64. The molecule has 1 N–H and O–H groups in total. The van der Waals surface area contributed by atoms with Gasteiger partial charge in [0, 0.05) is 6.07 Å². The van der Waals surface area contributed by atoms with E-state index in [0.717, 1.165) is 11.3 Å². The molecule has 0 fully saturated rings. The first-order chi connectivity index (χ1) is 11.6. The number of nitrogens with one attached hydrogen (secondary N) is 1. The molecular formula is C19H17NO4. The molecule has 3 aromatic rings. The van der Waals surface area contributed by atoms with Crippen molar-refractivity contribution in [2.75, 3.05) is 13.2 Å². The van der Waals surface area contributed by atoms with Crippen LogP contribution in [0.5, 0.6) is 5.75 Å². The van der Waals surface area contributed by atoms with Crippen LogP contribution in [-0.4, -0.2) is 19.1 Å². The number of ether oxygens (including phenoxy) is 1. The lowest BCUT2D eigenvalue weighted by molar-refractivity contribution is 0.0920. The van der Waals surface area contributed by atoms with Crippen molar-refractivity contribution in [3.8, 4) is 5.75 Å². The molecule has 0 saturated carbocycles. The molecule has 24 heavy (non-hydrogen) atoms. The Morgan fingerprint density at radius 1 is 1.12 bits per heavy atom. The average Bonchev–Trinajstić information content (AvgIpc) is 2.60. The summed E-state index contributed by atoms with van der Waals surface area (Å²) in [6.45, 7) is 2.59. The highest BCUT2D eigenvalue weighted by Crippen LogP contribution is 2.15. The lowest BCUT2D eigenvalue weighted by Crippen LogP contribution is -2.28. The van der Waals surface area contributed by atoms with Crippen LogP contribution in [0, 0.1) is 6.92 Å². The van der Waals surface area contributed by atoms with Crippen molar-refractivity contribution in [2.24, 2.45) is 0 Å². The summed E-state index contributed by atoms with van der Waals surface area (Å²) in [5, 5.41) is 3.14. The van der Waals surface area contributed by atoms with Gasteiger partial charge in [0.05, 0.1) is 11.9 Å². The van der Waals surface area contributed by atoms with Gasteiger partial charge in [0.25, 0.3) is 5.91 Å². The van der Waals surface area contributed by atoms with Gasteiger partial charge in [0.1, 0.15) is 17.9 Å². The van der Waals surface area contributed by atoms with Crippen molar-refractivity contribution in [3.05, 3.63) is 76.1 Å². The number of para-hydroxylation sites is 2. The number of amides is 1. The minimum absolute atomic E-state index is 0.00501. The molecule has 0 aliphatic heterocycles. The van der Waals surface area contributed by atoms with Crippen LogP contribution in [0.4, 0.5) is 0 Å². The Morgan fingerprint density at radius 3 is 2.71 bits per heavy atom. The number of hydrogen-bond donors (Lipinski definition) is 1. The minimum atomic E-state index is -0.439. The molecule has 1 heterocycles. The van der Waals surface area contributed by atoms with E-state index in [0.29, 0.717) is 24.1 Å². The van der Waals surface area contributed by atoms with Crippen LogP contribution < -0.4 is 15.5 Å². The number of rotatable bonds is 5. The standard InChI is InChI=1S/C19H17NO4/c1-13-6-2-4-8-16(13)23-11-10-20-19(22)18-12-15(21)14-7-3-5-9-17(14)24-18/h2-9,12H,10-11H2,1H3,(H,20,22). The third-order valence-corrected chi connectivity index (χ3v) is 3.60. The van der Waals surface area contributed by atoms with E-state index in [-0.39, 0.29) is 11.2 Å². The van der Waals surface area contributed by atoms with E-state index in [9.17, 15) is 9.59 Å². The SMILES string of the molecule is Cc1ccccc1OCCNC(=O)c1cc(=O)c2ccccc2o1. The second-order valence-corrected chi connectivity index (χ2v) is 5.34. The van der Waals surface area contributed by atoms with Crippen LogP contribution >= 0.6 is 0 Å². The first-order valence-electron chi connectivity index (χ1n) is 7.64. The third kappa shape index (κ3) is 3.46. The van der Waals surface area contributed by atoms with Gasteiger partial charge in [-0.05, 0) is 30.7 Å². The number of aryl methyl sites for hydroxylation is 1. The summed E-state index contributed by atoms with van der Waals surface area (Å²) in [6.07, 6.45) is 0. The van der Waals surface area contributed by atoms with Gasteiger partial charge >= 0.3 is 0 Å². The zero-order valence-corrected chi connectivity index (χ0v) is 13.2. The highest BCUT2D eigenvalue weighted by Gasteiger charge is 2.11. The maximum Gasteiger partial charge on any atom is 0.287 e. The molecule has 0 aliphatic carbocycles. The Balaban J connectivity index is 1.61. The number of carbonyl (C=O) groups is 1. The maximum atomic E-state index is 12.1. The van der Waals surface area contributed by atoms with Gasteiger partial charge in [-0.25, -0.2) is 0 Å². The Hall–Kier alpha value is -3.08. The summed E-state index contributed by atoms with van der Waals surface area (Å²) in [4.78, 5) is 24.1. The van der Waals surface area contributed by atoms with E-state index in [1.54, 1.807) is 24.3 Å². The molecule has 1 amide bonds. The largest absolute Gasteiger partial charge is 0.491 e. The lowest BCUT2D eigenvalue weighted by atomic mass is 10.2. The van der Waals surface area contributed by atoms with Gasteiger partial charge in [-0.2, -0.15) is 0 Å². The fraction of sp³-hybridized carbons (Fsp3) is 0.158. The fourth-order valence-corrected chi connectivity index (χ4v) is 2.35. The van der Waals surface area contributed by atoms with Crippen molar-refractivity contribution in [1.82, 2.24) is 5.32 Å². The highest BCUT2D eigenvalue weighted by molar-refractivity contribution is 5.93. The zero-order chi connectivity index (χ0) is 16.9. The van der Waals surface area contributed by atoms with Crippen molar-refractivity contribution >= 4 is 16.9 Å². The smallest absolute Gasteiger partial charge is 0.287 e. The second kappa shape index (κ2) is 7.00. The van der Waals surface area contributed by atoms with Gasteiger partial charge < -0.3 is 14.5 Å². The summed E-state index contributed by atoms with van der Waals surface area (Å²) in [6, 6.07) is 15.7. The summed E-state index contributed by atoms with van der Waals surface area (Å²) < 4.78 is 11.1. The summed E-state index contributed by atoms with van der Waals surface area (Å²) >= 11 is 0. The van der Waals surface area contributed by atoms with E-state index in [2.05, 4.69) is 5.32 Å². The van der Waals surface area contributed by atoms with Crippen LogP contribution in [0.1, 0.15) is 16.1 Å². The van der Waals surface area contributed by atoms with Crippen molar-refractivity contribution in [1.29, 1.82) is 0 Å². The van der Waals surface area contributed by atoms with Gasteiger partial charge in [0.2, 0.25) is 0 Å². The van der Waals surface area contributed by atoms with E-state index < -0.39 is 5.91 Å². The van der Waals surface area contributed by atoms with Crippen molar-refractivity contribution < 1.29 is 13.9 Å². The first kappa shape index (κ1) is 15.8. The molecule has 5 nitrogen and oxygen atoms in total. The van der Waals surface area contributed by atoms with Gasteiger partial charge in [-0.3, -0.25) is 9.59 Å². The van der Waals surface area contributed by atoms with Crippen LogP contribution in [-0.2, 0) is 0 Å². The Kier molecular flexibility index (Phi) is 4.61. The second-order valence-electron chi connectivity index (χ2n) is 5.34. The van der Waals surface area contributed by atoms with Gasteiger partial charge in [0.15, 0.2) is 11.2 Å². The van der Waals surface area contributed by atoms with Gasteiger partial charge in [-0.1, -0.05) is 30.3 Å². The summed E-state index contributed by atoms with van der Waals surface area (Å²) in [5.74, 6) is 0.338. The van der Waals surface area contributed by atoms with Gasteiger partial charge in [-0.15, -0.1) is 0 Å². The average molecular weight is 323 g/mol. The molecule has 122 valence electrons. The Labute approximate surface area is 138 Å². The molecule has 0 aliphatic rings. The van der Waals surface area contributed by atoms with E-state index >= 15 is 0 Å². The summed E-state index contributed by atoms with van der Waals surface area (Å²) in [7, 11) is 0. The number of hydrogen-bond acceptors (Lipinski definition) is 4. The Morgan fingerprint density at radius 2 is 1.88 bits per heavy atom. The Bertz CT molecular complexity index is 930. The third-order valence-electron chi connectivity index (χ3n) is 3.60. The molecule has 0 unspecified atom stereocenters. The molecule has 1 aromatic heterocycles. The minimum Gasteiger partial charge on any atom is -0.491 e. The number of carbonyl (C=O) groups excluding carboxylic acids is 1. The molecule has 0 bridgehead atoms. The monoisotopic (exact) mass is 323 g/mol. The molecule has 5 heteroatoms. The molecule has 3 rings (SSSR count). The van der Waals surface area contributed by atoms with E-state index in [1.165, 1.54) is 6.07 Å². The van der Waals surface area contributed by atoms with Crippen molar-refractivity contribution in [3.63, 3.8) is 0 Å². The molecule has 0 radical (unpaired) electrons. The summed E-state index contributed by atoms with van der Waals surface area (Å²) in [5.41, 5.74) is 1.19. The van der Waals surface area contributed by atoms with Crippen LogP contribution in [0.2, 0.25) is 0 Å². The predicted molar refractivity (Wildman–Crippen MR) is 91.5 cm³/mol. The molecular weight excluding hydrogens is 306 g/mol. The fourth-order valence-electron chi connectivity index (χ4n) is 2.35. The predicted octanol–water partition coefficient (Wildman–Crippen LogP) is 2.91. The van der Waals surface area contributed by atoms with E-state index in [4.69, 9.17) is 9.15 Å². The van der Waals surface area contributed by atoms with Crippen LogP contribution in [0.3, 0.4) is 0 Å².